The van der Waals surface area contributed by atoms with Gasteiger partial charge in [-0.25, -0.2) is 10.5 Å². The van der Waals surface area contributed by atoms with Crippen molar-refractivity contribution in [3.8, 4) is 6.07 Å². The lowest BCUT2D eigenvalue weighted by Gasteiger charge is -2.19. The Kier molecular flexibility index (Phi) is 4.68. The molecule has 0 fully saturated rings. The van der Waals surface area contributed by atoms with E-state index in [1.165, 1.54) is 0 Å². The van der Waals surface area contributed by atoms with Crippen LogP contribution < -0.4 is 10.3 Å². The molecule has 1 N–H and O–H groups in total. The third kappa shape index (κ3) is 3.74. The van der Waals surface area contributed by atoms with Gasteiger partial charge in [0, 0.05) is 12.2 Å². The summed E-state index contributed by atoms with van der Waals surface area (Å²) in [5.74, 6) is 0. The van der Waals surface area contributed by atoms with Gasteiger partial charge >= 0.3 is 0 Å². The summed E-state index contributed by atoms with van der Waals surface area (Å²) < 4.78 is 0. The minimum absolute atomic E-state index is 0.537. The Morgan fingerprint density at radius 3 is 2.61 bits per heavy atom. The molecule has 0 aliphatic carbocycles. The van der Waals surface area contributed by atoms with Crippen molar-refractivity contribution in [2.75, 3.05) is 11.6 Å². The van der Waals surface area contributed by atoms with E-state index in [1.54, 1.807) is 29.7 Å². The number of nitrogens with zero attached hydrogens (tertiary/aromatic N) is 4. The molecule has 7 heteroatoms. The average molecular weight is 346 g/mol. The molecule has 0 radical (unpaired) electrons. The predicted molar refractivity (Wildman–Crippen MR) is 92.1 cm³/mol. The monoisotopic (exact) mass is 345 g/mol. The number of nitriles is 1. The largest absolute Gasteiger partial charge is 0.309 e. The van der Waals surface area contributed by atoms with Gasteiger partial charge in [-0.1, -0.05) is 29.3 Å². The fourth-order valence-electron chi connectivity index (χ4n) is 2.14. The van der Waals surface area contributed by atoms with Crippen molar-refractivity contribution in [3.63, 3.8) is 0 Å². The van der Waals surface area contributed by atoms with Gasteiger partial charge in [-0.3, -0.25) is 0 Å². The highest BCUT2D eigenvalue weighted by Crippen LogP contribution is 2.22. The molecule has 0 atom stereocenters. The van der Waals surface area contributed by atoms with Crippen LogP contribution in [0.25, 0.3) is 0 Å². The first kappa shape index (κ1) is 15.6. The van der Waals surface area contributed by atoms with Crippen LogP contribution in [-0.4, -0.2) is 18.1 Å². The SMILES string of the molecule is N#Cc1ccc(N2C=NN(NCc3ccc(Cl)c(Cl)c3)C2)cc1. The Hall–Kier alpha value is -2.26. The summed E-state index contributed by atoms with van der Waals surface area (Å²) >= 11 is 11.9. The van der Waals surface area contributed by atoms with Crippen molar-refractivity contribution in [1.82, 2.24) is 10.5 Å². The maximum absolute atomic E-state index is 8.82. The molecule has 0 amide bonds. The van der Waals surface area contributed by atoms with E-state index in [2.05, 4.69) is 16.6 Å². The normalized spacial score (nSPS) is 13.4. The van der Waals surface area contributed by atoms with Crippen LogP contribution in [0.3, 0.4) is 0 Å². The lowest BCUT2D eigenvalue weighted by molar-refractivity contribution is 0.215. The van der Waals surface area contributed by atoms with E-state index in [9.17, 15) is 0 Å². The Bertz CT molecular complexity index is 767. The second-order valence-electron chi connectivity index (χ2n) is 4.98. The van der Waals surface area contributed by atoms with Crippen LogP contribution in [0.5, 0.6) is 0 Å². The highest BCUT2D eigenvalue weighted by Gasteiger charge is 2.15. The number of hydrogen-bond donors (Lipinski definition) is 1. The molecule has 0 saturated heterocycles. The van der Waals surface area contributed by atoms with Crippen LogP contribution in [0.15, 0.2) is 47.6 Å². The quantitative estimate of drug-likeness (QED) is 0.919. The smallest absolute Gasteiger partial charge is 0.130 e. The van der Waals surface area contributed by atoms with E-state index in [0.717, 1.165) is 11.3 Å². The predicted octanol–water partition coefficient (Wildman–Crippen LogP) is 3.59. The standard InChI is InChI=1S/C16H13Cl2N5/c17-15-6-3-13(7-16(15)18)9-20-23-11-22(10-21-23)14-4-1-12(8-19)2-5-14/h1-7,10,20H,9,11H2. The van der Waals surface area contributed by atoms with Gasteiger partial charge in [0.05, 0.1) is 21.7 Å². The molecule has 0 spiro atoms. The Morgan fingerprint density at radius 2 is 1.91 bits per heavy atom. The first-order valence-corrected chi connectivity index (χ1v) is 7.67. The molecule has 2 aromatic carbocycles. The number of anilines is 1. The van der Waals surface area contributed by atoms with Crippen molar-refractivity contribution in [1.29, 1.82) is 5.26 Å². The van der Waals surface area contributed by atoms with Crippen LogP contribution in [0.2, 0.25) is 10.0 Å². The molecule has 0 aromatic heterocycles. The van der Waals surface area contributed by atoms with Crippen molar-refractivity contribution < 1.29 is 0 Å². The van der Waals surface area contributed by atoms with Gasteiger partial charge in [-0.2, -0.15) is 10.4 Å². The topological polar surface area (TPSA) is 54.7 Å². The molecular formula is C16H13Cl2N5. The van der Waals surface area contributed by atoms with Gasteiger partial charge in [-0.15, -0.1) is 0 Å². The Balaban J connectivity index is 1.56. The van der Waals surface area contributed by atoms with Gasteiger partial charge < -0.3 is 4.90 Å². The molecule has 1 heterocycles. The lowest BCUT2D eigenvalue weighted by atomic mass is 10.2. The van der Waals surface area contributed by atoms with Crippen LogP contribution in [0.1, 0.15) is 11.1 Å². The molecule has 5 nitrogen and oxygen atoms in total. The zero-order valence-electron chi connectivity index (χ0n) is 12.1. The fraction of sp³-hybridized carbons (Fsp3) is 0.125. The number of hydrazone groups is 1. The second kappa shape index (κ2) is 6.88. The van der Waals surface area contributed by atoms with E-state index in [1.807, 2.05) is 29.2 Å². The first-order valence-electron chi connectivity index (χ1n) is 6.91. The molecule has 0 saturated carbocycles. The number of benzene rings is 2. The summed E-state index contributed by atoms with van der Waals surface area (Å²) in [6.07, 6.45) is 1.74. The molecular weight excluding hydrogens is 333 g/mol. The van der Waals surface area contributed by atoms with Gasteiger partial charge in [0.2, 0.25) is 0 Å². The summed E-state index contributed by atoms with van der Waals surface area (Å²) in [4.78, 5) is 1.98. The number of hydrazine groups is 1. The maximum atomic E-state index is 8.82. The van der Waals surface area contributed by atoms with E-state index in [-0.39, 0.29) is 0 Å². The molecule has 0 unspecified atom stereocenters. The van der Waals surface area contributed by atoms with Gasteiger partial charge in [0.15, 0.2) is 0 Å². The lowest BCUT2D eigenvalue weighted by Crippen LogP contribution is -2.36. The molecule has 1 aliphatic heterocycles. The minimum Gasteiger partial charge on any atom is -0.309 e. The van der Waals surface area contributed by atoms with E-state index in [4.69, 9.17) is 28.5 Å². The highest BCUT2D eigenvalue weighted by atomic mass is 35.5. The van der Waals surface area contributed by atoms with E-state index in [0.29, 0.717) is 28.8 Å². The first-order chi connectivity index (χ1) is 11.2. The molecule has 2 aromatic rings. The van der Waals surface area contributed by atoms with Crippen molar-refractivity contribution >= 4 is 35.2 Å². The number of rotatable bonds is 4. The van der Waals surface area contributed by atoms with Crippen LogP contribution in [0.4, 0.5) is 5.69 Å². The summed E-state index contributed by atoms with van der Waals surface area (Å²) in [7, 11) is 0. The maximum Gasteiger partial charge on any atom is 0.130 e. The van der Waals surface area contributed by atoms with Gasteiger partial charge in [-0.05, 0) is 42.0 Å². The second-order valence-corrected chi connectivity index (χ2v) is 5.80. The molecule has 0 bridgehead atoms. The molecule has 23 heavy (non-hydrogen) atoms. The van der Waals surface area contributed by atoms with Crippen LogP contribution in [-0.2, 0) is 6.54 Å². The van der Waals surface area contributed by atoms with Crippen molar-refractivity contribution in [2.45, 2.75) is 6.54 Å². The average Bonchev–Trinajstić information content (AvgIpc) is 3.05. The Morgan fingerprint density at radius 1 is 1.13 bits per heavy atom. The highest BCUT2D eigenvalue weighted by molar-refractivity contribution is 6.42. The van der Waals surface area contributed by atoms with Crippen molar-refractivity contribution in [3.05, 3.63) is 63.6 Å². The summed E-state index contributed by atoms with van der Waals surface area (Å²) in [5.41, 5.74) is 5.84. The minimum atomic E-state index is 0.537. The third-order valence-electron chi connectivity index (χ3n) is 3.39. The number of hydrogen-bond acceptors (Lipinski definition) is 5. The third-order valence-corrected chi connectivity index (χ3v) is 4.13. The molecule has 116 valence electrons. The Labute approximate surface area is 144 Å². The molecule has 3 rings (SSSR count). The van der Waals surface area contributed by atoms with Crippen LogP contribution >= 0.6 is 23.2 Å². The summed E-state index contributed by atoms with van der Waals surface area (Å²) in [5, 5.41) is 15.9. The van der Waals surface area contributed by atoms with E-state index >= 15 is 0 Å². The van der Waals surface area contributed by atoms with Crippen molar-refractivity contribution in [2.24, 2.45) is 5.10 Å². The number of nitrogens with one attached hydrogen (secondary N) is 1. The van der Waals surface area contributed by atoms with E-state index < -0.39 is 0 Å². The van der Waals surface area contributed by atoms with Crippen LogP contribution in [0, 0.1) is 11.3 Å². The summed E-state index contributed by atoms with van der Waals surface area (Å²) in [6, 6.07) is 15.0. The fourth-order valence-corrected chi connectivity index (χ4v) is 2.46. The number of halogens is 2. The zero-order chi connectivity index (χ0) is 16.2. The van der Waals surface area contributed by atoms with Gasteiger partial charge in [0.25, 0.3) is 0 Å². The molecule has 1 aliphatic rings. The van der Waals surface area contributed by atoms with Gasteiger partial charge in [0.1, 0.15) is 13.0 Å². The zero-order valence-corrected chi connectivity index (χ0v) is 13.6. The summed E-state index contributed by atoms with van der Waals surface area (Å²) in [6.45, 7) is 1.17.